The number of hydrogen-bond acceptors (Lipinski definition) is 3. The third-order valence-electron chi connectivity index (χ3n) is 3.24. The van der Waals surface area contributed by atoms with E-state index in [1.165, 1.54) is 0 Å². The number of aliphatic carboxylic acids is 1. The predicted molar refractivity (Wildman–Crippen MR) is 76.7 cm³/mol. The molecule has 1 aromatic heterocycles. The zero-order chi connectivity index (χ0) is 15.1. The normalized spacial score (nSPS) is 11.9. The fourth-order valence-electron chi connectivity index (χ4n) is 1.97. The minimum absolute atomic E-state index is 0.125. The van der Waals surface area contributed by atoms with Crippen molar-refractivity contribution < 1.29 is 14.7 Å². The fraction of sp³-hybridized carbons (Fsp3) is 0.533. The smallest absolute Gasteiger partial charge is 0.303 e. The second-order valence-electron chi connectivity index (χ2n) is 5.17. The molecule has 0 aliphatic rings. The van der Waals surface area contributed by atoms with Crippen LogP contribution < -0.4 is 5.32 Å². The lowest BCUT2D eigenvalue weighted by atomic mass is 10.0. The second-order valence-corrected chi connectivity index (χ2v) is 5.17. The molecule has 110 valence electrons. The number of hydrogen-bond donors (Lipinski definition) is 2. The first-order chi connectivity index (χ1) is 9.40. The van der Waals surface area contributed by atoms with Crippen LogP contribution in [-0.2, 0) is 4.79 Å². The number of aryl methyl sites for hydroxylation is 2. The number of carboxylic acid groups (broad SMARTS) is 1. The van der Waals surface area contributed by atoms with Crippen LogP contribution in [0.15, 0.2) is 12.1 Å². The molecular weight excluding hydrogens is 256 g/mol. The van der Waals surface area contributed by atoms with Gasteiger partial charge in [0.05, 0.1) is 11.3 Å². The summed E-state index contributed by atoms with van der Waals surface area (Å²) in [4.78, 5) is 26.7. The molecule has 1 rings (SSSR count). The van der Waals surface area contributed by atoms with E-state index in [-0.39, 0.29) is 18.2 Å². The molecule has 0 fully saturated rings. The maximum absolute atomic E-state index is 12.0. The molecule has 1 aromatic rings. The molecule has 0 radical (unpaired) electrons. The summed E-state index contributed by atoms with van der Waals surface area (Å²) in [6.07, 6.45) is 1.59. The van der Waals surface area contributed by atoms with E-state index in [0.29, 0.717) is 18.5 Å². The zero-order valence-electron chi connectivity index (χ0n) is 12.3. The van der Waals surface area contributed by atoms with E-state index in [1.54, 1.807) is 6.07 Å². The summed E-state index contributed by atoms with van der Waals surface area (Å²) in [6, 6.07) is 3.60. The van der Waals surface area contributed by atoms with E-state index in [4.69, 9.17) is 5.11 Å². The van der Waals surface area contributed by atoms with Gasteiger partial charge in [-0.15, -0.1) is 0 Å². The number of carbonyl (C=O) groups is 2. The molecular formula is C15H22N2O3. The van der Waals surface area contributed by atoms with Gasteiger partial charge in [-0.2, -0.15) is 0 Å². The van der Waals surface area contributed by atoms with Crippen LogP contribution in [0.3, 0.4) is 0 Å². The summed E-state index contributed by atoms with van der Waals surface area (Å²) in [7, 11) is 0. The molecule has 20 heavy (non-hydrogen) atoms. The van der Waals surface area contributed by atoms with E-state index < -0.39 is 5.97 Å². The number of amides is 1. The Labute approximate surface area is 119 Å². The average molecular weight is 278 g/mol. The maximum atomic E-state index is 12.0. The quantitative estimate of drug-likeness (QED) is 0.802. The van der Waals surface area contributed by atoms with Crippen LogP contribution in [-0.4, -0.2) is 28.5 Å². The zero-order valence-corrected chi connectivity index (χ0v) is 12.3. The van der Waals surface area contributed by atoms with Crippen LogP contribution >= 0.6 is 0 Å². The lowest BCUT2D eigenvalue weighted by Crippen LogP contribution is -2.26. The first kappa shape index (κ1) is 16.1. The molecule has 0 saturated carbocycles. The Morgan fingerprint density at radius 2 is 2.00 bits per heavy atom. The molecule has 0 saturated heterocycles. The SMILES string of the molecule is Cc1ccc(C(=O)NCCC(C)CCC(=O)O)c(C)n1. The number of nitrogens with one attached hydrogen (secondary N) is 1. The van der Waals surface area contributed by atoms with Crippen molar-refractivity contribution in [1.82, 2.24) is 10.3 Å². The monoisotopic (exact) mass is 278 g/mol. The molecule has 0 spiro atoms. The van der Waals surface area contributed by atoms with Crippen LogP contribution in [0.25, 0.3) is 0 Å². The van der Waals surface area contributed by atoms with Gasteiger partial charge < -0.3 is 10.4 Å². The summed E-state index contributed by atoms with van der Waals surface area (Å²) in [5, 5.41) is 11.5. The van der Waals surface area contributed by atoms with Crippen LogP contribution in [0.5, 0.6) is 0 Å². The summed E-state index contributed by atoms with van der Waals surface area (Å²) in [5.41, 5.74) is 2.21. The Kier molecular flexibility index (Phi) is 6.15. The van der Waals surface area contributed by atoms with Crippen molar-refractivity contribution in [3.8, 4) is 0 Å². The standard InChI is InChI=1S/C15H22N2O3/c1-10(4-7-14(18)19)8-9-16-15(20)13-6-5-11(2)17-12(13)3/h5-6,10H,4,7-9H2,1-3H3,(H,16,20)(H,18,19). The summed E-state index contributed by atoms with van der Waals surface area (Å²) >= 11 is 0. The van der Waals surface area contributed by atoms with Crippen molar-refractivity contribution in [2.24, 2.45) is 5.92 Å². The Balaban J connectivity index is 2.38. The van der Waals surface area contributed by atoms with Gasteiger partial charge in [0.15, 0.2) is 0 Å². The number of pyridine rings is 1. The molecule has 5 nitrogen and oxygen atoms in total. The van der Waals surface area contributed by atoms with Crippen LogP contribution in [0.4, 0.5) is 0 Å². The van der Waals surface area contributed by atoms with Crippen molar-refractivity contribution in [2.75, 3.05) is 6.54 Å². The Morgan fingerprint density at radius 3 is 2.60 bits per heavy atom. The molecule has 2 N–H and O–H groups in total. The van der Waals surface area contributed by atoms with E-state index in [9.17, 15) is 9.59 Å². The highest BCUT2D eigenvalue weighted by molar-refractivity contribution is 5.95. The minimum atomic E-state index is -0.776. The molecule has 0 aliphatic carbocycles. The van der Waals surface area contributed by atoms with Gasteiger partial charge in [0.25, 0.3) is 5.91 Å². The van der Waals surface area contributed by atoms with Gasteiger partial charge in [-0.25, -0.2) is 0 Å². The number of carboxylic acids is 1. The molecule has 0 aromatic carbocycles. The Bertz CT molecular complexity index is 486. The molecule has 5 heteroatoms. The second kappa shape index (κ2) is 7.62. The first-order valence-electron chi connectivity index (χ1n) is 6.84. The van der Waals surface area contributed by atoms with Crippen molar-refractivity contribution in [3.05, 3.63) is 29.1 Å². The van der Waals surface area contributed by atoms with E-state index in [1.807, 2.05) is 26.8 Å². The lowest BCUT2D eigenvalue weighted by Gasteiger charge is -2.11. The molecule has 1 atom stereocenters. The van der Waals surface area contributed by atoms with Crippen molar-refractivity contribution >= 4 is 11.9 Å². The average Bonchev–Trinajstić information content (AvgIpc) is 2.36. The Hall–Kier alpha value is -1.91. The highest BCUT2D eigenvalue weighted by atomic mass is 16.4. The highest BCUT2D eigenvalue weighted by Crippen LogP contribution is 2.10. The third-order valence-corrected chi connectivity index (χ3v) is 3.24. The molecule has 1 heterocycles. The van der Waals surface area contributed by atoms with Gasteiger partial charge in [0, 0.05) is 18.7 Å². The molecule has 1 unspecified atom stereocenters. The van der Waals surface area contributed by atoms with Crippen molar-refractivity contribution in [1.29, 1.82) is 0 Å². The lowest BCUT2D eigenvalue weighted by molar-refractivity contribution is -0.137. The van der Waals surface area contributed by atoms with Gasteiger partial charge >= 0.3 is 5.97 Å². The third kappa shape index (κ3) is 5.38. The van der Waals surface area contributed by atoms with Crippen LogP contribution in [0.1, 0.15) is 47.9 Å². The largest absolute Gasteiger partial charge is 0.481 e. The number of aromatic nitrogens is 1. The van der Waals surface area contributed by atoms with Crippen LogP contribution in [0.2, 0.25) is 0 Å². The van der Waals surface area contributed by atoms with Crippen molar-refractivity contribution in [3.63, 3.8) is 0 Å². The summed E-state index contributed by atoms with van der Waals surface area (Å²) in [6.45, 7) is 6.25. The number of nitrogens with zero attached hydrogens (tertiary/aromatic N) is 1. The van der Waals surface area contributed by atoms with Gasteiger partial charge in [0.2, 0.25) is 0 Å². The molecule has 0 aliphatic heterocycles. The molecule has 1 amide bonds. The van der Waals surface area contributed by atoms with Gasteiger partial charge in [-0.1, -0.05) is 6.92 Å². The summed E-state index contributed by atoms with van der Waals surface area (Å²) < 4.78 is 0. The van der Waals surface area contributed by atoms with E-state index >= 15 is 0 Å². The predicted octanol–water partition coefficient (Wildman–Crippen LogP) is 2.32. The maximum Gasteiger partial charge on any atom is 0.303 e. The van der Waals surface area contributed by atoms with Crippen LogP contribution in [0, 0.1) is 19.8 Å². The van der Waals surface area contributed by atoms with Gasteiger partial charge in [-0.05, 0) is 44.7 Å². The number of rotatable bonds is 7. The van der Waals surface area contributed by atoms with E-state index in [2.05, 4.69) is 10.3 Å². The van der Waals surface area contributed by atoms with Crippen molar-refractivity contribution in [2.45, 2.75) is 40.0 Å². The van der Waals surface area contributed by atoms with Gasteiger partial charge in [0.1, 0.15) is 0 Å². The van der Waals surface area contributed by atoms with E-state index in [0.717, 1.165) is 17.8 Å². The number of carbonyl (C=O) groups excluding carboxylic acids is 1. The van der Waals surface area contributed by atoms with Gasteiger partial charge in [-0.3, -0.25) is 14.6 Å². The fourth-order valence-corrected chi connectivity index (χ4v) is 1.97. The first-order valence-corrected chi connectivity index (χ1v) is 6.84. The molecule has 0 bridgehead atoms. The topological polar surface area (TPSA) is 79.3 Å². The minimum Gasteiger partial charge on any atom is -0.481 e. The highest BCUT2D eigenvalue weighted by Gasteiger charge is 2.10. The Morgan fingerprint density at radius 1 is 1.30 bits per heavy atom. The summed E-state index contributed by atoms with van der Waals surface area (Å²) in [5.74, 6) is -0.619.